The standard InChI is InChI=1S/2C15H11F3N2O2.I3.HI/c2*1-2-3-4-13(21)12(9-19)14(22)20-11-7-5-10(6-8-11)15(16,17)18;1-3-2;/h1,5-8,21H,3-4H2,(H,20,22);1,5-8,12H,3-4H2,(H,20,22);;1H/q;;-1;/b13-12-;;;. The summed E-state index contributed by atoms with van der Waals surface area (Å²) in [6, 6.07) is 10.4. The van der Waals surface area contributed by atoms with Crippen LogP contribution in [-0.4, -0.2) is 22.7 Å². The number of hydrogen-bond donors (Lipinski definition) is 3. The van der Waals surface area contributed by atoms with Crippen LogP contribution < -0.4 is 23.9 Å². The summed E-state index contributed by atoms with van der Waals surface area (Å²) in [5.41, 5.74) is -2.14. The number of Topliss-reactive ketones (excluding diaryl/α,β-unsaturated/α-hetero) is 1. The van der Waals surface area contributed by atoms with Crippen molar-refractivity contribution < 1.29 is 59.1 Å². The van der Waals surface area contributed by atoms with Crippen molar-refractivity contribution in [3.8, 4) is 36.8 Å². The Morgan fingerprint density at radius 1 is 0.812 bits per heavy atom. The van der Waals surface area contributed by atoms with Crippen molar-refractivity contribution in [1.29, 1.82) is 10.5 Å². The third-order valence-corrected chi connectivity index (χ3v) is 5.31. The molecule has 3 N–H and O–H groups in total. The molecule has 2 aromatic carbocycles. The Morgan fingerprint density at radius 3 is 1.56 bits per heavy atom. The molecule has 0 spiro atoms. The Labute approximate surface area is 319 Å². The zero-order valence-corrected chi connectivity index (χ0v) is 32.9. The van der Waals surface area contributed by atoms with E-state index in [0.29, 0.717) is 13.3 Å². The molecule has 0 aromatic heterocycles. The van der Waals surface area contributed by atoms with Crippen LogP contribution in [-0.2, 0) is 26.7 Å². The summed E-state index contributed by atoms with van der Waals surface area (Å²) in [6.07, 6.45) is 1.12. The normalized spacial score (nSPS) is 11.3. The summed E-state index contributed by atoms with van der Waals surface area (Å²) in [6.45, 7) is 0. The summed E-state index contributed by atoms with van der Waals surface area (Å²) in [5, 5.41) is 31.8. The second-order valence-corrected chi connectivity index (χ2v) is 24.8. The van der Waals surface area contributed by atoms with Crippen molar-refractivity contribution in [3.63, 3.8) is 0 Å². The first-order valence-corrected chi connectivity index (χ1v) is 25.0. The number of halogens is 10. The van der Waals surface area contributed by atoms with Gasteiger partial charge in [-0.05, 0) is 48.5 Å². The third-order valence-electron chi connectivity index (χ3n) is 5.31. The molecule has 1 unspecified atom stereocenters. The number of allylic oxidation sites excluding steroid dienone is 1. The van der Waals surface area contributed by atoms with Gasteiger partial charge in [0.25, 0.3) is 5.91 Å². The van der Waals surface area contributed by atoms with Crippen LogP contribution in [0.4, 0.5) is 37.7 Å². The van der Waals surface area contributed by atoms with E-state index in [1.165, 1.54) is 6.07 Å². The van der Waals surface area contributed by atoms with Crippen LogP contribution in [0.2, 0.25) is 0 Å². The van der Waals surface area contributed by atoms with Gasteiger partial charge in [0, 0.05) is 37.1 Å². The number of hydrogen-bond acceptors (Lipinski definition) is 6. The van der Waals surface area contributed by atoms with Gasteiger partial charge in [0.05, 0.1) is 17.2 Å². The van der Waals surface area contributed by atoms with Gasteiger partial charge in [0.1, 0.15) is 11.8 Å². The first-order chi connectivity index (χ1) is 22.0. The van der Waals surface area contributed by atoms with Gasteiger partial charge in [-0.1, -0.05) is 0 Å². The number of nitrogens with zero attached hydrogens (tertiary/aromatic N) is 2. The number of ketones is 1. The molecule has 18 heteroatoms. The van der Waals surface area contributed by atoms with E-state index in [9.17, 15) is 45.8 Å². The molecule has 0 saturated heterocycles. The van der Waals surface area contributed by atoms with E-state index in [2.05, 4.69) is 59.7 Å². The maximum atomic E-state index is 12.4. The Balaban J connectivity index is 0. The molecule has 0 fully saturated rings. The fraction of sp³-hybridized carbons (Fsp3) is 0.233. The van der Waals surface area contributed by atoms with Gasteiger partial charge in [0.2, 0.25) is 5.91 Å². The van der Waals surface area contributed by atoms with E-state index in [0.717, 1.165) is 48.5 Å². The second kappa shape index (κ2) is 24.3. The summed E-state index contributed by atoms with van der Waals surface area (Å²) in [7, 11) is 0. The number of amides is 2. The molecule has 0 aliphatic carbocycles. The molecule has 2 amide bonds. The minimum absolute atomic E-state index is 0. The number of rotatable bonds is 9. The quantitative estimate of drug-likeness (QED) is 0.0572. The fourth-order valence-electron chi connectivity index (χ4n) is 3.07. The summed E-state index contributed by atoms with van der Waals surface area (Å²) in [5.74, 6) is -0.00352. The van der Waals surface area contributed by atoms with Gasteiger partial charge in [-0.25, -0.2) is 0 Å². The van der Waals surface area contributed by atoms with E-state index >= 15 is 0 Å². The van der Waals surface area contributed by atoms with Gasteiger partial charge in [-0.2, -0.15) is 36.9 Å². The van der Waals surface area contributed by atoms with Crippen LogP contribution in [0.1, 0.15) is 36.8 Å². The van der Waals surface area contributed by atoms with Crippen LogP contribution >= 0.6 is 61.2 Å². The van der Waals surface area contributed by atoms with Gasteiger partial charge in [-0.15, -0.1) is 48.7 Å². The van der Waals surface area contributed by atoms with Crippen molar-refractivity contribution in [1.82, 2.24) is 0 Å². The van der Waals surface area contributed by atoms with Crippen molar-refractivity contribution in [3.05, 3.63) is 71.0 Å². The van der Waals surface area contributed by atoms with Gasteiger partial charge in [0.15, 0.2) is 17.3 Å². The summed E-state index contributed by atoms with van der Waals surface area (Å²) >= 11 is 5.30. The predicted octanol–water partition coefficient (Wildman–Crippen LogP) is 5.55. The molecule has 2 aromatic rings. The number of carbonyl (C=O) groups is 3. The van der Waals surface area contributed by atoms with E-state index in [1.807, 2.05) is 0 Å². The molecule has 8 nitrogen and oxygen atoms in total. The van der Waals surface area contributed by atoms with E-state index in [1.54, 1.807) is 6.07 Å². The predicted molar refractivity (Wildman–Crippen MR) is 189 cm³/mol. The average molecular weight is 1130 g/mol. The Morgan fingerprint density at radius 2 is 1.21 bits per heavy atom. The molecule has 48 heavy (non-hydrogen) atoms. The molecular weight excluding hydrogens is 1100 g/mol. The van der Waals surface area contributed by atoms with Crippen LogP contribution in [0.25, 0.3) is 0 Å². The fourth-order valence-corrected chi connectivity index (χ4v) is 3.07. The Kier molecular flexibility index (Phi) is 24.0. The molecule has 0 aliphatic rings. The van der Waals surface area contributed by atoms with E-state index in [-0.39, 0.29) is 61.0 Å². The number of aliphatic hydroxyl groups is 1. The van der Waals surface area contributed by atoms with Crippen LogP contribution in [0.3, 0.4) is 0 Å². The topological polar surface area (TPSA) is 143 Å². The number of aliphatic hydroxyl groups excluding tert-OH is 1. The number of carbonyl (C=O) groups excluding carboxylic acids is 3. The van der Waals surface area contributed by atoms with Gasteiger partial charge in [-0.3, -0.25) is 14.4 Å². The monoisotopic (exact) mass is 1120 g/mol. The van der Waals surface area contributed by atoms with Crippen LogP contribution in [0.5, 0.6) is 0 Å². The Hall–Kier alpha value is -2.81. The van der Waals surface area contributed by atoms with Gasteiger partial charge < -0.3 is 15.7 Å². The first kappa shape index (κ1) is 47.3. The zero-order chi connectivity index (χ0) is 36.2. The Bertz CT molecular complexity index is 1570. The number of nitrogens with one attached hydrogen (secondary N) is 2. The first-order valence-electron chi connectivity index (χ1n) is 12.5. The zero-order valence-electron chi connectivity index (χ0n) is 24.1. The molecule has 0 aliphatic heterocycles. The molecular formula is C30H23F6I4N4O4-. The average Bonchev–Trinajstić information content (AvgIpc) is 3.00. The number of benzene rings is 2. The van der Waals surface area contributed by atoms with Crippen molar-refractivity contribution in [2.24, 2.45) is 5.92 Å². The molecule has 0 bridgehead atoms. The number of nitriles is 2. The SMILES string of the molecule is C#CCC/C(O)=C(\C#N)C(=O)Nc1ccc(C(F)(F)F)cc1.C#CCCC(=O)C(C#N)C(=O)Nc1ccc(C(F)(F)F)cc1.I.I[I-]I. The molecule has 0 radical (unpaired) electrons. The molecule has 1 atom stereocenters. The number of terminal acetylenes is 2. The van der Waals surface area contributed by atoms with Crippen molar-refractivity contribution in [2.75, 3.05) is 10.6 Å². The summed E-state index contributed by atoms with van der Waals surface area (Å²) in [4.78, 5) is 35.2. The number of alkyl halides is 6. The van der Waals surface area contributed by atoms with Crippen LogP contribution in [0.15, 0.2) is 59.9 Å². The third kappa shape index (κ3) is 18.1. The van der Waals surface area contributed by atoms with Gasteiger partial charge >= 0.3 is 62.8 Å². The molecule has 2 rings (SSSR count). The second-order valence-electron chi connectivity index (χ2n) is 8.52. The minimum atomic E-state index is -4.48. The molecule has 0 saturated carbocycles. The van der Waals surface area contributed by atoms with Crippen LogP contribution in [0, 0.1) is 53.3 Å². The van der Waals surface area contributed by atoms with Crippen molar-refractivity contribution in [2.45, 2.75) is 38.0 Å². The summed E-state index contributed by atoms with van der Waals surface area (Å²) < 4.78 is 74.4. The van der Waals surface area contributed by atoms with E-state index < -0.39 is 58.3 Å². The maximum absolute atomic E-state index is 12.4. The van der Waals surface area contributed by atoms with E-state index in [4.69, 9.17) is 23.4 Å². The number of anilines is 2. The molecule has 258 valence electrons. The molecule has 0 heterocycles. The van der Waals surface area contributed by atoms with Crippen molar-refractivity contribution >= 4 is 90.2 Å².